The summed E-state index contributed by atoms with van der Waals surface area (Å²) in [6.07, 6.45) is 5.16. The van der Waals surface area contributed by atoms with Crippen molar-refractivity contribution >= 4 is 18.3 Å². The van der Waals surface area contributed by atoms with Crippen LogP contribution in [-0.2, 0) is 4.79 Å². The molecule has 1 aromatic carbocycles. The van der Waals surface area contributed by atoms with Crippen LogP contribution < -0.4 is 10.1 Å². The summed E-state index contributed by atoms with van der Waals surface area (Å²) in [5, 5.41) is 3.37. The van der Waals surface area contributed by atoms with Crippen LogP contribution in [0.5, 0.6) is 5.75 Å². The summed E-state index contributed by atoms with van der Waals surface area (Å²) in [6, 6.07) is 8.42. The molecule has 1 N–H and O–H groups in total. The Balaban J connectivity index is 0.00000192. The zero-order chi connectivity index (χ0) is 15.4. The summed E-state index contributed by atoms with van der Waals surface area (Å²) in [7, 11) is 1.68. The molecule has 1 unspecified atom stereocenters. The lowest BCUT2D eigenvalue weighted by atomic mass is 9.93. The molecule has 0 saturated carbocycles. The third-order valence-corrected chi connectivity index (χ3v) is 5.00. The Morgan fingerprint density at radius 2 is 1.91 bits per heavy atom. The molecular formula is C18H27ClN2O2. The molecule has 0 spiro atoms. The number of rotatable bonds is 4. The molecule has 1 atom stereocenters. The molecular weight excluding hydrogens is 312 g/mol. The summed E-state index contributed by atoms with van der Waals surface area (Å²) in [5.74, 6) is 1.77. The lowest BCUT2D eigenvalue weighted by Gasteiger charge is -2.28. The zero-order valence-corrected chi connectivity index (χ0v) is 14.6. The number of hydrogen-bond acceptors (Lipinski definition) is 3. The van der Waals surface area contributed by atoms with Gasteiger partial charge >= 0.3 is 0 Å². The summed E-state index contributed by atoms with van der Waals surface area (Å²) < 4.78 is 5.22. The number of carbonyl (C=O) groups excluding carboxylic acids is 1. The Hall–Kier alpha value is -1.26. The van der Waals surface area contributed by atoms with E-state index in [1.807, 2.05) is 12.1 Å². The van der Waals surface area contributed by atoms with Crippen molar-refractivity contribution in [2.24, 2.45) is 5.92 Å². The Morgan fingerprint density at radius 1 is 1.22 bits per heavy atom. The molecule has 2 aliphatic heterocycles. The van der Waals surface area contributed by atoms with Crippen molar-refractivity contribution < 1.29 is 9.53 Å². The van der Waals surface area contributed by atoms with Gasteiger partial charge in [-0.05, 0) is 62.4 Å². The number of nitrogens with one attached hydrogen (secondary N) is 1. The predicted octanol–water partition coefficient (Wildman–Crippen LogP) is 3.17. The van der Waals surface area contributed by atoms with E-state index < -0.39 is 0 Å². The number of halogens is 1. The molecule has 2 aliphatic rings. The number of ether oxygens (including phenoxy) is 1. The second-order valence-electron chi connectivity index (χ2n) is 6.42. The number of benzene rings is 1. The second-order valence-corrected chi connectivity index (χ2v) is 6.42. The van der Waals surface area contributed by atoms with Crippen molar-refractivity contribution in [2.75, 3.05) is 26.7 Å². The maximum absolute atomic E-state index is 12.7. The molecule has 0 aromatic heterocycles. The number of methoxy groups -OCH3 is 1. The number of amides is 1. The maximum Gasteiger partial charge on any atom is 0.223 e. The SMILES string of the molecule is COc1ccc(C2CCCN2C(=O)CC2CCNCC2)cc1.Cl. The average molecular weight is 339 g/mol. The first-order valence-electron chi connectivity index (χ1n) is 8.42. The van der Waals surface area contributed by atoms with E-state index >= 15 is 0 Å². The molecule has 0 radical (unpaired) electrons. The van der Waals surface area contributed by atoms with Crippen molar-refractivity contribution in [1.29, 1.82) is 0 Å². The van der Waals surface area contributed by atoms with Crippen LogP contribution in [0.25, 0.3) is 0 Å². The standard InChI is InChI=1S/C18H26N2O2.ClH/c1-22-16-6-4-15(5-7-16)17-3-2-12-20(17)18(21)13-14-8-10-19-11-9-14;/h4-7,14,17,19H,2-3,8-13H2,1H3;1H. The van der Waals surface area contributed by atoms with Crippen molar-refractivity contribution in [3.63, 3.8) is 0 Å². The molecule has 2 heterocycles. The number of nitrogens with zero attached hydrogens (tertiary/aromatic N) is 1. The van der Waals surface area contributed by atoms with E-state index in [2.05, 4.69) is 22.3 Å². The van der Waals surface area contributed by atoms with Gasteiger partial charge in [0.1, 0.15) is 5.75 Å². The van der Waals surface area contributed by atoms with Crippen molar-refractivity contribution in [2.45, 2.75) is 38.1 Å². The second kappa shape index (κ2) is 8.55. The first kappa shape index (κ1) is 18.1. The van der Waals surface area contributed by atoms with Gasteiger partial charge < -0.3 is 15.0 Å². The van der Waals surface area contributed by atoms with E-state index in [1.165, 1.54) is 5.56 Å². The van der Waals surface area contributed by atoms with E-state index in [9.17, 15) is 4.79 Å². The molecule has 0 bridgehead atoms. The zero-order valence-electron chi connectivity index (χ0n) is 13.8. The molecule has 2 saturated heterocycles. The fourth-order valence-corrected chi connectivity index (χ4v) is 3.69. The van der Waals surface area contributed by atoms with Gasteiger partial charge in [0.05, 0.1) is 13.2 Å². The van der Waals surface area contributed by atoms with Crippen LogP contribution in [0, 0.1) is 5.92 Å². The van der Waals surface area contributed by atoms with E-state index in [0.29, 0.717) is 18.2 Å². The highest BCUT2D eigenvalue weighted by atomic mass is 35.5. The minimum absolute atomic E-state index is 0. The van der Waals surface area contributed by atoms with Gasteiger partial charge in [0.25, 0.3) is 0 Å². The van der Waals surface area contributed by atoms with Crippen molar-refractivity contribution in [3.8, 4) is 5.75 Å². The summed E-state index contributed by atoms with van der Waals surface area (Å²) in [6.45, 7) is 3.01. The molecule has 128 valence electrons. The average Bonchev–Trinajstić information content (AvgIpc) is 3.05. The van der Waals surface area contributed by atoms with Crippen LogP contribution in [0.1, 0.15) is 43.7 Å². The summed E-state index contributed by atoms with van der Waals surface area (Å²) >= 11 is 0. The van der Waals surface area contributed by atoms with Crippen LogP contribution in [-0.4, -0.2) is 37.6 Å². The van der Waals surface area contributed by atoms with Crippen LogP contribution in [0.3, 0.4) is 0 Å². The Morgan fingerprint density at radius 3 is 2.57 bits per heavy atom. The monoisotopic (exact) mass is 338 g/mol. The molecule has 0 aliphatic carbocycles. The highest BCUT2D eigenvalue weighted by Gasteiger charge is 2.31. The number of carbonyl (C=O) groups is 1. The first-order valence-corrected chi connectivity index (χ1v) is 8.42. The molecule has 4 nitrogen and oxygen atoms in total. The van der Waals surface area contributed by atoms with E-state index in [4.69, 9.17) is 4.74 Å². The van der Waals surface area contributed by atoms with Gasteiger partial charge in [0.2, 0.25) is 5.91 Å². The van der Waals surface area contributed by atoms with Gasteiger partial charge in [-0.3, -0.25) is 4.79 Å². The van der Waals surface area contributed by atoms with Crippen LogP contribution >= 0.6 is 12.4 Å². The molecule has 1 aromatic rings. The van der Waals surface area contributed by atoms with Crippen LogP contribution in [0.15, 0.2) is 24.3 Å². The van der Waals surface area contributed by atoms with Gasteiger partial charge in [-0.2, -0.15) is 0 Å². The van der Waals surface area contributed by atoms with E-state index in [1.54, 1.807) is 7.11 Å². The van der Waals surface area contributed by atoms with Gasteiger partial charge in [0.15, 0.2) is 0 Å². The van der Waals surface area contributed by atoms with Crippen molar-refractivity contribution in [3.05, 3.63) is 29.8 Å². The predicted molar refractivity (Wildman–Crippen MR) is 94.1 cm³/mol. The highest BCUT2D eigenvalue weighted by molar-refractivity contribution is 5.85. The maximum atomic E-state index is 12.7. The van der Waals surface area contributed by atoms with Crippen LogP contribution in [0.4, 0.5) is 0 Å². The quantitative estimate of drug-likeness (QED) is 0.916. The topological polar surface area (TPSA) is 41.6 Å². The summed E-state index contributed by atoms with van der Waals surface area (Å²) in [5.41, 5.74) is 1.23. The van der Waals surface area contributed by atoms with Gasteiger partial charge in [-0.1, -0.05) is 12.1 Å². The Bertz CT molecular complexity index is 500. The Labute approximate surface area is 145 Å². The minimum atomic E-state index is 0. The van der Waals surface area contributed by atoms with Crippen molar-refractivity contribution in [1.82, 2.24) is 10.2 Å². The minimum Gasteiger partial charge on any atom is -0.497 e. The smallest absolute Gasteiger partial charge is 0.223 e. The van der Waals surface area contributed by atoms with Gasteiger partial charge in [-0.15, -0.1) is 12.4 Å². The molecule has 23 heavy (non-hydrogen) atoms. The third kappa shape index (κ3) is 4.39. The van der Waals surface area contributed by atoms with Crippen LogP contribution in [0.2, 0.25) is 0 Å². The third-order valence-electron chi connectivity index (χ3n) is 5.00. The fourth-order valence-electron chi connectivity index (χ4n) is 3.69. The van der Waals surface area contributed by atoms with E-state index in [0.717, 1.165) is 51.1 Å². The largest absolute Gasteiger partial charge is 0.497 e. The molecule has 3 rings (SSSR count). The molecule has 1 amide bonds. The number of likely N-dealkylation sites (tertiary alicyclic amines) is 1. The van der Waals surface area contributed by atoms with E-state index in [-0.39, 0.29) is 18.4 Å². The van der Waals surface area contributed by atoms with Gasteiger partial charge in [-0.25, -0.2) is 0 Å². The number of hydrogen-bond donors (Lipinski definition) is 1. The normalized spacial score (nSPS) is 21.8. The first-order chi connectivity index (χ1) is 10.8. The highest BCUT2D eigenvalue weighted by Crippen LogP contribution is 2.34. The lowest BCUT2D eigenvalue weighted by Crippen LogP contribution is -2.35. The number of piperidine rings is 1. The van der Waals surface area contributed by atoms with Gasteiger partial charge in [0, 0.05) is 13.0 Å². The Kier molecular flexibility index (Phi) is 6.72. The molecule has 5 heteroatoms. The fraction of sp³-hybridized carbons (Fsp3) is 0.611. The molecule has 2 fully saturated rings. The summed E-state index contributed by atoms with van der Waals surface area (Å²) in [4.78, 5) is 14.8. The lowest BCUT2D eigenvalue weighted by molar-refractivity contribution is -0.133.